The minimum Gasteiger partial charge on any atom is -0.406 e. The van der Waals surface area contributed by atoms with Gasteiger partial charge in [0.05, 0.1) is 35.8 Å². The van der Waals surface area contributed by atoms with E-state index in [2.05, 4.69) is 45.6 Å². The SMILES string of the molecule is O=C1C/C(=C\c2cnn3c(NC4CC4)cc(-c4cccc(OC(F)(F)F)c4)nc23)C(=O)N1.O=Cc1cnn2c(NC3CC3)cc(-c3cccc(OC(F)(F)F)c3)nc12. The highest BCUT2D eigenvalue weighted by atomic mass is 19.4. The van der Waals surface area contributed by atoms with E-state index in [0.717, 1.165) is 25.7 Å². The average Bonchev–Trinajstić information content (AvgIpc) is 4.05. The highest BCUT2D eigenvalue weighted by Gasteiger charge is 2.32. The Morgan fingerprint density at radius 2 is 1.19 bits per heavy atom. The molecule has 3 N–H and O–H groups in total. The molecule has 6 aromatic rings. The zero-order chi connectivity index (χ0) is 40.8. The fourth-order valence-corrected chi connectivity index (χ4v) is 6.03. The van der Waals surface area contributed by atoms with Crippen LogP contribution in [0.4, 0.5) is 38.0 Å². The highest BCUT2D eigenvalue weighted by molar-refractivity contribution is 6.15. The topological polar surface area (TPSA) is 166 Å². The lowest BCUT2D eigenvalue weighted by Crippen LogP contribution is -2.19. The Morgan fingerprint density at radius 1 is 0.707 bits per heavy atom. The number of hydrogen-bond donors (Lipinski definition) is 3. The van der Waals surface area contributed by atoms with Gasteiger partial charge in [-0.3, -0.25) is 19.7 Å². The molecule has 14 nitrogen and oxygen atoms in total. The maximum Gasteiger partial charge on any atom is 0.573 e. The van der Waals surface area contributed by atoms with E-state index in [1.54, 1.807) is 34.9 Å². The van der Waals surface area contributed by atoms with Gasteiger partial charge in [-0.1, -0.05) is 24.3 Å². The summed E-state index contributed by atoms with van der Waals surface area (Å²) in [6, 6.07) is 15.1. The van der Waals surface area contributed by atoms with Crippen molar-refractivity contribution in [1.29, 1.82) is 0 Å². The van der Waals surface area contributed by atoms with Crippen molar-refractivity contribution in [3.63, 3.8) is 0 Å². The first-order chi connectivity index (χ1) is 27.7. The summed E-state index contributed by atoms with van der Waals surface area (Å²) in [6.07, 6.45) is -0.471. The molecule has 1 saturated heterocycles. The third-order valence-electron chi connectivity index (χ3n) is 8.94. The molecule has 20 heteroatoms. The number of fused-ring (bicyclic) bond motifs is 2. The molecule has 1 aliphatic heterocycles. The molecule has 0 bridgehead atoms. The van der Waals surface area contributed by atoms with Crippen LogP contribution in [0, 0.1) is 0 Å². The van der Waals surface area contributed by atoms with E-state index in [0.29, 0.717) is 68.9 Å². The summed E-state index contributed by atoms with van der Waals surface area (Å²) in [5.41, 5.74) is 3.50. The molecule has 2 aliphatic carbocycles. The first-order valence-electron chi connectivity index (χ1n) is 17.7. The molecule has 58 heavy (non-hydrogen) atoms. The van der Waals surface area contributed by atoms with Crippen molar-refractivity contribution in [2.75, 3.05) is 10.6 Å². The molecule has 5 heterocycles. The molecule has 0 atom stereocenters. The van der Waals surface area contributed by atoms with E-state index < -0.39 is 18.6 Å². The number of carbonyl (C=O) groups is 3. The molecule has 9 rings (SSSR count). The van der Waals surface area contributed by atoms with Crippen molar-refractivity contribution < 1.29 is 50.2 Å². The number of ether oxygens (including phenoxy) is 2. The smallest absolute Gasteiger partial charge is 0.406 e. The lowest BCUT2D eigenvalue weighted by atomic mass is 10.1. The Kier molecular flexibility index (Phi) is 9.69. The predicted molar refractivity (Wildman–Crippen MR) is 195 cm³/mol. The number of amides is 2. The number of imide groups is 1. The molecule has 0 radical (unpaired) electrons. The van der Waals surface area contributed by atoms with Gasteiger partial charge in [0.25, 0.3) is 5.91 Å². The van der Waals surface area contributed by atoms with Crippen LogP contribution in [0.5, 0.6) is 11.5 Å². The molecule has 2 saturated carbocycles. The molecule has 2 amide bonds. The Bertz CT molecular complexity index is 2610. The van der Waals surface area contributed by atoms with Crippen LogP contribution in [0.1, 0.15) is 48.0 Å². The lowest BCUT2D eigenvalue weighted by Gasteiger charge is -2.12. The summed E-state index contributed by atoms with van der Waals surface area (Å²) >= 11 is 0. The molecule has 298 valence electrons. The first kappa shape index (κ1) is 37.9. The van der Waals surface area contributed by atoms with Gasteiger partial charge in [0.2, 0.25) is 5.91 Å². The molecule has 0 spiro atoms. The molecule has 2 aromatic carbocycles. The van der Waals surface area contributed by atoms with E-state index in [1.165, 1.54) is 53.3 Å². The van der Waals surface area contributed by atoms with Crippen molar-refractivity contribution in [2.24, 2.45) is 0 Å². The van der Waals surface area contributed by atoms with Crippen molar-refractivity contribution in [3.05, 3.63) is 89.8 Å². The van der Waals surface area contributed by atoms with Crippen molar-refractivity contribution in [3.8, 4) is 34.0 Å². The van der Waals surface area contributed by atoms with Gasteiger partial charge in [0.1, 0.15) is 23.1 Å². The summed E-state index contributed by atoms with van der Waals surface area (Å²) in [6.45, 7) is 0. The van der Waals surface area contributed by atoms with Crippen molar-refractivity contribution in [1.82, 2.24) is 34.5 Å². The van der Waals surface area contributed by atoms with Crippen LogP contribution in [-0.4, -0.2) is 72.1 Å². The number of benzene rings is 2. The second-order valence-corrected chi connectivity index (χ2v) is 13.6. The quantitative estimate of drug-likeness (QED) is 0.0566. The summed E-state index contributed by atoms with van der Waals surface area (Å²) in [5, 5.41) is 17.4. The van der Waals surface area contributed by atoms with Crippen LogP contribution in [0.3, 0.4) is 0 Å². The predicted octanol–water partition coefficient (Wildman–Crippen LogP) is 6.98. The fraction of sp³-hybridized carbons (Fsp3) is 0.237. The minimum atomic E-state index is -4.81. The average molecular weight is 806 g/mol. The maximum atomic E-state index is 12.6. The van der Waals surface area contributed by atoms with Gasteiger partial charge in [-0.2, -0.15) is 19.2 Å². The van der Waals surface area contributed by atoms with E-state index in [1.807, 2.05) is 0 Å². The largest absolute Gasteiger partial charge is 0.573 e. The van der Waals surface area contributed by atoms with Gasteiger partial charge in [0.15, 0.2) is 17.6 Å². The van der Waals surface area contributed by atoms with Crippen LogP contribution in [-0.2, 0) is 9.59 Å². The number of anilines is 2. The third kappa shape index (κ3) is 8.85. The van der Waals surface area contributed by atoms with E-state index in [-0.39, 0.29) is 35.4 Å². The number of halogens is 6. The monoisotopic (exact) mass is 805 g/mol. The van der Waals surface area contributed by atoms with Crippen LogP contribution in [0.25, 0.3) is 39.9 Å². The Morgan fingerprint density at radius 3 is 1.62 bits per heavy atom. The number of nitrogens with one attached hydrogen (secondary N) is 3. The number of carbonyl (C=O) groups excluding carboxylic acids is 3. The Hall–Kier alpha value is -6.99. The number of rotatable bonds is 10. The maximum absolute atomic E-state index is 12.6. The second-order valence-electron chi connectivity index (χ2n) is 13.6. The third-order valence-corrected chi connectivity index (χ3v) is 8.94. The number of nitrogens with zero attached hydrogens (tertiary/aromatic N) is 6. The van der Waals surface area contributed by atoms with E-state index in [4.69, 9.17) is 0 Å². The van der Waals surface area contributed by atoms with Crippen LogP contribution >= 0.6 is 0 Å². The zero-order valence-electron chi connectivity index (χ0n) is 29.8. The van der Waals surface area contributed by atoms with Gasteiger partial charge in [-0.05, 0) is 56.0 Å². The first-order valence-corrected chi connectivity index (χ1v) is 17.7. The summed E-state index contributed by atoms with van der Waals surface area (Å²) in [4.78, 5) is 43.6. The number of alkyl halides is 6. The number of aldehydes is 1. The highest BCUT2D eigenvalue weighted by Crippen LogP contribution is 2.34. The van der Waals surface area contributed by atoms with Gasteiger partial charge < -0.3 is 20.1 Å². The second kappa shape index (κ2) is 14.8. The molecule has 3 aliphatic rings. The van der Waals surface area contributed by atoms with Crippen molar-refractivity contribution >= 4 is 47.1 Å². The van der Waals surface area contributed by atoms with E-state index in [9.17, 15) is 40.7 Å². The van der Waals surface area contributed by atoms with Gasteiger partial charge in [-0.15, -0.1) is 26.3 Å². The van der Waals surface area contributed by atoms with Crippen molar-refractivity contribution in [2.45, 2.75) is 56.9 Å². The Labute approximate surface area is 322 Å². The Balaban J connectivity index is 0.000000165. The standard InChI is InChI=1S/C21H16F3N5O3.C17H13F3N4O2/c22-21(23,24)32-15-3-1-2-11(7-15)16-9-17(26-14-4-5-14)29-19(27-16)13(10-25-29)6-12-8-18(30)28-20(12)31;18-17(19,20)26-13-3-1-2-10(6-13)14-7-15(22-12-4-5-12)24-16(23-14)11(9-25)8-21-24/h1-3,6-7,9-10,14,26H,4-5,8H2,(H,28,30,31);1-3,6-9,12,22H,4-5H2/b12-6+;. The minimum absolute atomic E-state index is 0.0418. The summed E-state index contributed by atoms with van der Waals surface area (Å²) < 4.78 is 86.4. The van der Waals surface area contributed by atoms with Gasteiger partial charge >= 0.3 is 12.7 Å². The lowest BCUT2D eigenvalue weighted by molar-refractivity contribution is -0.275. The van der Waals surface area contributed by atoms with Crippen LogP contribution in [0.15, 0.2) is 78.6 Å². The van der Waals surface area contributed by atoms with Gasteiger partial charge in [0, 0.05) is 46.5 Å². The van der Waals surface area contributed by atoms with Gasteiger partial charge in [-0.25, -0.2) is 9.97 Å². The van der Waals surface area contributed by atoms with Crippen LogP contribution < -0.4 is 25.4 Å². The summed E-state index contributed by atoms with van der Waals surface area (Å²) in [5.74, 6) is -0.306. The fourth-order valence-electron chi connectivity index (χ4n) is 6.03. The van der Waals surface area contributed by atoms with E-state index >= 15 is 0 Å². The molecule has 4 aromatic heterocycles. The normalized spacial score (nSPS) is 16.3. The molecular weight excluding hydrogens is 776 g/mol. The molecular formula is C38H29F6N9O5. The zero-order valence-corrected chi connectivity index (χ0v) is 29.8. The van der Waals surface area contributed by atoms with Crippen LogP contribution in [0.2, 0.25) is 0 Å². The molecule has 3 fully saturated rings. The number of hydrogen-bond acceptors (Lipinski definition) is 11. The summed E-state index contributed by atoms with van der Waals surface area (Å²) in [7, 11) is 0. The molecule has 0 unspecified atom stereocenters. The number of aromatic nitrogens is 6.